The van der Waals surface area contributed by atoms with Gasteiger partial charge in [0, 0.05) is 24.4 Å². The first kappa shape index (κ1) is 23.5. The molecule has 29 heavy (non-hydrogen) atoms. The Morgan fingerprint density at radius 1 is 1.07 bits per heavy atom. The van der Waals surface area contributed by atoms with E-state index in [4.69, 9.17) is 14.2 Å². The molecule has 9 heteroatoms. The van der Waals surface area contributed by atoms with Crippen molar-refractivity contribution in [3.63, 3.8) is 0 Å². The van der Waals surface area contributed by atoms with Gasteiger partial charge in [0.15, 0.2) is 0 Å². The van der Waals surface area contributed by atoms with E-state index < -0.39 is 10.0 Å². The monoisotopic (exact) mass is 425 g/mol. The van der Waals surface area contributed by atoms with Crippen molar-refractivity contribution >= 4 is 10.0 Å². The molecule has 0 amide bonds. The van der Waals surface area contributed by atoms with E-state index in [1.807, 2.05) is 6.20 Å². The lowest BCUT2D eigenvalue weighted by Gasteiger charge is -2.19. The van der Waals surface area contributed by atoms with Crippen molar-refractivity contribution in [1.29, 1.82) is 0 Å². The quantitative estimate of drug-likeness (QED) is 0.447. The van der Waals surface area contributed by atoms with Crippen LogP contribution in [0.1, 0.15) is 28.3 Å². The van der Waals surface area contributed by atoms with Crippen LogP contribution in [0, 0.1) is 13.8 Å². The summed E-state index contributed by atoms with van der Waals surface area (Å²) >= 11 is 0. The third-order valence-electron chi connectivity index (χ3n) is 4.56. The molecule has 1 heterocycles. The van der Waals surface area contributed by atoms with Crippen LogP contribution >= 0.6 is 0 Å². The number of imidazole rings is 1. The van der Waals surface area contributed by atoms with Crippen molar-refractivity contribution in [2.24, 2.45) is 0 Å². The Kier molecular flexibility index (Phi) is 9.75. The third kappa shape index (κ3) is 8.63. The normalized spacial score (nSPS) is 12.9. The Labute approximate surface area is 173 Å². The van der Waals surface area contributed by atoms with Crippen LogP contribution in [-0.2, 0) is 24.2 Å². The molecule has 2 rings (SSSR count). The summed E-state index contributed by atoms with van der Waals surface area (Å²) in [6.45, 7) is 7.12. The van der Waals surface area contributed by atoms with Gasteiger partial charge in [-0.3, -0.25) is 0 Å². The summed E-state index contributed by atoms with van der Waals surface area (Å²) < 4.78 is 40.8. The van der Waals surface area contributed by atoms with Gasteiger partial charge in [0.25, 0.3) is 0 Å². The van der Waals surface area contributed by atoms with Gasteiger partial charge in [-0.2, -0.15) is 0 Å². The summed E-state index contributed by atoms with van der Waals surface area (Å²) in [4.78, 5) is 7.34. The molecule has 2 aromatic rings. The van der Waals surface area contributed by atoms with Crippen LogP contribution in [0.5, 0.6) is 0 Å². The lowest BCUT2D eigenvalue weighted by Crippen LogP contribution is -2.26. The Bertz CT molecular complexity index is 825. The number of aromatic nitrogens is 2. The first-order valence-corrected chi connectivity index (χ1v) is 11.5. The number of nitrogens with zero attached hydrogens (tertiary/aromatic N) is 1. The molecule has 0 aliphatic carbocycles. The Hall–Kier alpha value is -1.78. The maximum atomic E-state index is 10.9. The molecule has 0 spiro atoms. The number of ether oxygens (including phenoxy) is 3. The van der Waals surface area contributed by atoms with E-state index in [9.17, 15) is 8.42 Å². The molecule has 1 atom stereocenters. The number of hydrogen-bond donors (Lipinski definition) is 2. The lowest BCUT2D eigenvalue weighted by molar-refractivity contribution is 0.0142. The molecule has 0 fully saturated rings. The molecule has 162 valence electrons. The summed E-state index contributed by atoms with van der Waals surface area (Å²) in [6, 6.07) is 6.30. The first-order valence-electron chi connectivity index (χ1n) is 9.60. The summed E-state index contributed by atoms with van der Waals surface area (Å²) in [5.41, 5.74) is 4.76. The molecule has 8 nitrogen and oxygen atoms in total. The maximum absolute atomic E-state index is 10.9. The van der Waals surface area contributed by atoms with Crippen molar-refractivity contribution in [1.82, 2.24) is 14.7 Å². The highest BCUT2D eigenvalue weighted by molar-refractivity contribution is 7.88. The highest BCUT2D eigenvalue weighted by Gasteiger charge is 2.18. The number of aromatic amines is 1. The summed E-state index contributed by atoms with van der Waals surface area (Å²) in [5, 5.41) is 0. The first-order chi connectivity index (χ1) is 13.9. The van der Waals surface area contributed by atoms with Gasteiger partial charge < -0.3 is 19.2 Å². The Morgan fingerprint density at radius 3 is 2.41 bits per heavy atom. The molecule has 0 aliphatic rings. The zero-order valence-corrected chi connectivity index (χ0v) is 18.1. The van der Waals surface area contributed by atoms with Crippen LogP contribution in [-0.4, -0.2) is 70.8 Å². The van der Waals surface area contributed by atoms with E-state index in [1.165, 1.54) is 16.7 Å². The fourth-order valence-electron chi connectivity index (χ4n) is 2.90. The van der Waals surface area contributed by atoms with Gasteiger partial charge in [-0.25, -0.2) is 18.1 Å². The second-order valence-corrected chi connectivity index (χ2v) is 8.65. The molecule has 1 aromatic carbocycles. The van der Waals surface area contributed by atoms with Gasteiger partial charge in [0.05, 0.1) is 52.2 Å². The van der Waals surface area contributed by atoms with Gasteiger partial charge >= 0.3 is 0 Å². The highest BCUT2D eigenvalue weighted by Crippen LogP contribution is 2.27. The van der Waals surface area contributed by atoms with Crippen LogP contribution < -0.4 is 4.72 Å². The van der Waals surface area contributed by atoms with E-state index >= 15 is 0 Å². The minimum absolute atomic E-state index is 0.0862. The van der Waals surface area contributed by atoms with Crippen LogP contribution in [0.25, 0.3) is 0 Å². The molecule has 0 saturated heterocycles. The van der Waals surface area contributed by atoms with Crippen molar-refractivity contribution in [3.05, 3.63) is 53.1 Å². The molecule has 1 unspecified atom stereocenters. The fraction of sp³-hybridized carbons (Fsp3) is 0.550. The molecule has 0 saturated carbocycles. The lowest BCUT2D eigenvalue weighted by atomic mass is 9.91. The number of hydrogen-bond acceptors (Lipinski definition) is 6. The number of benzene rings is 1. The summed E-state index contributed by atoms with van der Waals surface area (Å²) in [5.74, 6) is 0.0862. The molecule has 2 N–H and O–H groups in total. The highest BCUT2D eigenvalue weighted by atomic mass is 32.2. The standard InChI is InChI=1S/C20H31N3O5S/c1-16-5-4-6-18(17(16)2)19(20-13-21-15-22-20)14-28-12-11-27-10-9-26-8-7-23-29(3,24)25/h4-6,13,15,19,23H,7-12,14H2,1-3H3,(H,21,22). The number of nitrogens with one attached hydrogen (secondary N) is 2. The zero-order chi connectivity index (χ0) is 21.1. The van der Waals surface area contributed by atoms with Crippen molar-refractivity contribution < 1.29 is 22.6 Å². The number of rotatable bonds is 14. The van der Waals surface area contributed by atoms with Crippen molar-refractivity contribution in [2.75, 3.05) is 52.4 Å². The zero-order valence-electron chi connectivity index (χ0n) is 17.3. The SMILES string of the molecule is Cc1cccc(C(COCCOCCOCCNS(C)(=O)=O)c2cnc[nH]2)c1C. The number of aryl methyl sites for hydroxylation is 1. The minimum Gasteiger partial charge on any atom is -0.378 e. The number of H-pyrrole nitrogens is 1. The topological polar surface area (TPSA) is 103 Å². The number of sulfonamides is 1. The molecular weight excluding hydrogens is 394 g/mol. The fourth-order valence-corrected chi connectivity index (χ4v) is 3.35. The second-order valence-electron chi connectivity index (χ2n) is 6.81. The van der Waals surface area contributed by atoms with E-state index in [-0.39, 0.29) is 12.5 Å². The van der Waals surface area contributed by atoms with Crippen LogP contribution in [0.3, 0.4) is 0 Å². The van der Waals surface area contributed by atoms with Crippen LogP contribution in [0.4, 0.5) is 0 Å². The van der Waals surface area contributed by atoms with Crippen LogP contribution in [0.15, 0.2) is 30.7 Å². The molecule has 0 radical (unpaired) electrons. The second kappa shape index (κ2) is 12.0. The average Bonchev–Trinajstić information content (AvgIpc) is 3.19. The van der Waals surface area contributed by atoms with Gasteiger partial charge in [0.2, 0.25) is 10.0 Å². The summed E-state index contributed by atoms with van der Waals surface area (Å²) in [7, 11) is -3.16. The average molecular weight is 426 g/mol. The Morgan fingerprint density at radius 2 is 1.76 bits per heavy atom. The van der Waals surface area contributed by atoms with Gasteiger partial charge in [0.1, 0.15) is 0 Å². The largest absolute Gasteiger partial charge is 0.378 e. The molecular formula is C20H31N3O5S. The van der Waals surface area contributed by atoms with E-state index in [2.05, 4.69) is 46.7 Å². The van der Waals surface area contributed by atoms with Gasteiger partial charge in [-0.1, -0.05) is 18.2 Å². The smallest absolute Gasteiger partial charge is 0.208 e. The van der Waals surface area contributed by atoms with Crippen molar-refractivity contribution in [2.45, 2.75) is 19.8 Å². The van der Waals surface area contributed by atoms with Crippen molar-refractivity contribution in [3.8, 4) is 0 Å². The third-order valence-corrected chi connectivity index (χ3v) is 5.28. The maximum Gasteiger partial charge on any atom is 0.208 e. The van der Waals surface area contributed by atoms with E-state index in [0.29, 0.717) is 39.6 Å². The molecule has 1 aromatic heterocycles. The van der Waals surface area contributed by atoms with Gasteiger partial charge in [-0.15, -0.1) is 0 Å². The molecule has 0 aliphatic heterocycles. The van der Waals surface area contributed by atoms with Crippen LogP contribution in [0.2, 0.25) is 0 Å². The van der Waals surface area contributed by atoms with E-state index in [1.54, 1.807) is 6.33 Å². The predicted octanol–water partition coefficient (Wildman–Crippen LogP) is 1.76. The predicted molar refractivity (Wildman–Crippen MR) is 112 cm³/mol. The van der Waals surface area contributed by atoms with Gasteiger partial charge in [-0.05, 0) is 30.5 Å². The van der Waals surface area contributed by atoms with E-state index in [0.717, 1.165) is 11.9 Å². The Balaban J connectivity index is 1.66. The minimum atomic E-state index is -3.16. The summed E-state index contributed by atoms with van der Waals surface area (Å²) in [6.07, 6.45) is 4.64. The molecule has 0 bridgehead atoms.